The standard InChI is InChI=1S/C42H81N2O11P/c1-3-5-7-9-11-13-15-16-18-19-21-23-25-30-40(46)51-35-38(55-41(47)31-26-24-22-20-17-14-12-10-8-6-4-2)36-54-56(49,50)53-34-37(45)33-52-42(48)39(44)29-27-28-32-43/h13,15,37-39,45H,3-12,14,16-36,43-44H2,1-2H3,(H,49,50)/b15-13+. The summed E-state index contributed by atoms with van der Waals surface area (Å²) < 4.78 is 38.0. The number of aliphatic hydroxyl groups is 1. The highest BCUT2D eigenvalue weighted by molar-refractivity contribution is 7.45. The van der Waals surface area contributed by atoms with E-state index in [4.69, 9.17) is 29.0 Å². The van der Waals surface area contributed by atoms with Crippen LogP contribution >= 0.6 is 7.82 Å². The van der Waals surface area contributed by atoms with Crippen molar-refractivity contribution in [3.8, 4) is 0 Å². The number of allylic oxidation sites excluding steroid dienone is 2. The minimum atomic E-state index is -4.99. The van der Waals surface area contributed by atoms with Gasteiger partial charge in [-0.1, -0.05) is 129 Å². The highest BCUT2D eigenvalue weighted by atomic mass is 31.2. The molecule has 4 atom stereocenters. The second kappa shape index (κ2) is 38.6. The van der Waals surface area contributed by atoms with E-state index in [0.717, 1.165) is 70.8 Å². The molecule has 0 aromatic heterocycles. The normalized spacial score (nSPS) is 14.3. The van der Waals surface area contributed by atoms with Gasteiger partial charge in [-0.05, 0) is 57.8 Å². The van der Waals surface area contributed by atoms with E-state index in [9.17, 15) is 28.9 Å². The third kappa shape index (κ3) is 36.5. The number of aliphatic hydroxyl groups excluding tert-OH is 1. The van der Waals surface area contributed by atoms with Crippen LogP contribution in [0.5, 0.6) is 0 Å². The van der Waals surface area contributed by atoms with E-state index in [2.05, 4.69) is 31.7 Å². The van der Waals surface area contributed by atoms with Crippen molar-refractivity contribution >= 4 is 25.7 Å². The van der Waals surface area contributed by atoms with Crippen LogP contribution in [0.2, 0.25) is 0 Å². The Kier molecular flexibility index (Phi) is 37.4. The van der Waals surface area contributed by atoms with Crippen LogP contribution in [0.25, 0.3) is 0 Å². The lowest BCUT2D eigenvalue weighted by Crippen LogP contribution is -2.50. The van der Waals surface area contributed by atoms with Gasteiger partial charge in [0.15, 0.2) is 6.10 Å². The second-order valence-electron chi connectivity index (χ2n) is 15.0. The van der Waals surface area contributed by atoms with Gasteiger partial charge in [0.2, 0.25) is 0 Å². The number of unbranched alkanes of at least 4 members (excludes halogenated alkanes) is 20. The Morgan fingerprint density at radius 1 is 0.643 bits per heavy atom. The molecule has 0 aliphatic heterocycles. The molecule has 0 rings (SSSR count). The molecule has 0 aliphatic rings. The minimum Gasteiger partial charge on any atom is -0.756 e. The molecule has 0 aromatic carbocycles. The number of ether oxygens (including phenoxy) is 3. The Bertz CT molecular complexity index is 1030. The molecule has 0 aromatic rings. The first-order valence-electron chi connectivity index (χ1n) is 22.0. The number of phosphoric acid groups is 1. The number of carbonyl (C=O) groups excluding carboxylic acids is 3. The Morgan fingerprint density at radius 3 is 1.68 bits per heavy atom. The van der Waals surface area contributed by atoms with E-state index in [0.29, 0.717) is 25.7 Å². The third-order valence-corrected chi connectivity index (χ3v) is 10.4. The van der Waals surface area contributed by atoms with Gasteiger partial charge in [-0.15, -0.1) is 0 Å². The predicted molar refractivity (Wildman–Crippen MR) is 218 cm³/mol. The van der Waals surface area contributed by atoms with Crippen molar-refractivity contribution in [1.82, 2.24) is 0 Å². The maximum atomic E-state index is 12.7. The molecule has 0 aliphatic carbocycles. The molecule has 0 fully saturated rings. The summed E-state index contributed by atoms with van der Waals surface area (Å²) in [6.45, 7) is 2.88. The zero-order valence-electron chi connectivity index (χ0n) is 35.3. The van der Waals surface area contributed by atoms with Crippen molar-refractivity contribution in [3.63, 3.8) is 0 Å². The van der Waals surface area contributed by atoms with Crippen molar-refractivity contribution < 1.29 is 57.9 Å². The highest BCUT2D eigenvalue weighted by Gasteiger charge is 2.23. The monoisotopic (exact) mass is 821 g/mol. The topological polar surface area (TPSA) is 211 Å². The SMILES string of the molecule is CCCCCC/C=C/CCCCCCCC(=O)OCC(COP(=O)([O-])OCC(O)COC(=O)C(N)CCCC[NH3+])OC(=O)CCCCCCCCCCCCC. The van der Waals surface area contributed by atoms with E-state index in [1.54, 1.807) is 0 Å². The van der Waals surface area contributed by atoms with Crippen LogP contribution in [0.3, 0.4) is 0 Å². The molecule has 14 heteroatoms. The van der Waals surface area contributed by atoms with Gasteiger partial charge in [0.1, 0.15) is 25.4 Å². The van der Waals surface area contributed by atoms with Crippen LogP contribution in [-0.4, -0.2) is 74.2 Å². The van der Waals surface area contributed by atoms with Gasteiger partial charge in [0.25, 0.3) is 7.82 Å². The highest BCUT2D eigenvalue weighted by Crippen LogP contribution is 2.38. The maximum Gasteiger partial charge on any atom is 0.322 e. The molecule has 0 saturated heterocycles. The van der Waals surface area contributed by atoms with Crippen LogP contribution in [0.4, 0.5) is 0 Å². The fraction of sp³-hybridized carbons (Fsp3) is 0.881. The molecule has 0 bridgehead atoms. The summed E-state index contributed by atoms with van der Waals surface area (Å²) in [6, 6.07) is -0.862. The summed E-state index contributed by atoms with van der Waals surface area (Å²) in [7, 11) is -4.99. The van der Waals surface area contributed by atoms with Crippen molar-refractivity contribution in [3.05, 3.63) is 12.2 Å². The molecule has 0 spiro atoms. The number of rotatable bonds is 41. The quantitative estimate of drug-likeness (QED) is 0.0179. The first-order chi connectivity index (χ1) is 27.0. The fourth-order valence-electron chi connectivity index (χ4n) is 5.92. The van der Waals surface area contributed by atoms with Crippen LogP contribution in [-0.2, 0) is 42.2 Å². The first-order valence-corrected chi connectivity index (χ1v) is 23.5. The lowest BCUT2D eigenvalue weighted by Gasteiger charge is -2.26. The van der Waals surface area contributed by atoms with Crippen LogP contribution in [0.15, 0.2) is 12.2 Å². The molecule has 330 valence electrons. The number of carbonyl (C=O) groups is 3. The van der Waals surface area contributed by atoms with Gasteiger partial charge in [0, 0.05) is 12.8 Å². The number of hydrogen-bond donors (Lipinski definition) is 3. The van der Waals surface area contributed by atoms with Gasteiger partial charge >= 0.3 is 17.9 Å². The molecule has 6 N–H and O–H groups in total. The molecule has 0 amide bonds. The van der Waals surface area contributed by atoms with E-state index in [-0.39, 0.29) is 19.4 Å². The van der Waals surface area contributed by atoms with Gasteiger partial charge < -0.3 is 44.7 Å². The average molecular weight is 821 g/mol. The van der Waals surface area contributed by atoms with Crippen LogP contribution in [0.1, 0.15) is 187 Å². The molecule has 13 nitrogen and oxygen atoms in total. The van der Waals surface area contributed by atoms with Gasteiger partial charge in [-0.3, -0.25) is 18.9 Å². The smallest absolute Gasteiger partial charge is 0.322 e. The van der Waals surface area contributed by atoms with E-state index >= 15 is 0 Å². The van der Waals surface area contributed by atoms with Gasteiger partial charge in [0.05, 0.1) is 19.8 Å². The average Bonchev–Trinajstić information content (AvgIpc) is 3.18. The number of hydrogen-bond acceptors (Lipinski definition) is 12. The molecule has 0 saturated carbocycles. The molecule has 56 heavy (non-hydrogen) atoms. The lowest BCUT2D eigenvalue weighted by atomic mass is 10.1. The maximum absolute atomic E-state index is 12.7. The van der Waals surface area contributed by atoms with Gasteiger partial charge in [-0.25, -0.2) is 0 Å². The third-order valence-electron chi connectivity index (χ3n) is 9.43. The Labute approximate surface area is 339 Å². The fourth-order valence-corrected chi connectivity index (χ4v) is 6.70. The summed E-state index contributed by atoms with van der Waals surface area (Å²) in [6.07, 6.45) is 28.7. The van der Waals surface area contributed by atoms with Crippen molar-refractivity contribution in [1.29, 1.82) is 0 Å². The first kappa shape index (κ1) is 54.1. The summed E-state index contributed by atoms with van der Waals surface area (Å²) in [4.78, 5) is 49.7. The number of phosphoric ester groups is 1. The van der Waals surface area contributed by atoms with E-state index in [1.807, 2.05) is 0 Å². The van der Waals surface area contributed by atoms with Crippen molar-refractivity contribution in [2.75, 3.05) is 33.0 Å². The zero-order chi connectivity index (χ0) is 41.5. The summed E-state index contributed by atoms with van der Waals surface area (Å²) in [5.74, 6) is -1.72. The minimum absolute atomic E-state index is 0.145. The number of esters is 3. The van der Waals surface area contributed by atoms with E-state index < -0.39 is 63.8 Å². The summed E-state index contributed by atoms with van der Waals surface area (Å²) >= 11 is 0. The number of quaternary nitrogens is 1. The molecular weight excluding hydrogens is 739 g/mol. The Hall–Kier alpha value is -1.86. The predicted octanol–water partition coefficient (Wildman–Crippen LogP) is 7.55. The second-order valence-corrected chi connectivity index (χ2v) is 16.4. The van der Waals surface area contributed by atoms with Crippen LogP contribution in [0, 0.1) is 0 Å². The molecule has 0 radical (unpaired) electrons. The van der Waals surface area contributed by atoms with Crippen molar-refractivity contribution in [2.24, 2.45) is 5.73 Å². The van der Waals surface area contributed by atoms with Crippen molar-refractivity contribution in [2.45, 2.75) is 205 Å². The molecular formula is C42H81N2O11P. The molecule has 0 heterocycles. The summed E-state index contributed by atoms with van der Waals surface area (Å²) in [5.41, 5.74) is 9.52. The molecule has 4 unspecified atom stereocenters. The van der Waals surface area contributed by atoms with Gasteiger partial charge in [-0.2, -0.15) is 0 Å². The largest absolute Gasteiger partial charge is 0.756 e. The summed E-state index contributed by atoms with van der Waals surface area (Å²) in [5, 5.41) is 10.1. The number of nitrogens with two attached hydrogens (primary N) is 1. The Morgan fingerprint density at radius 2 is 1.12 bits per heavy atom. The lowest BCUT2D eigenvalue weighted by molar-refractivity contribution is -0.368. The zero-order valence-corrected chi connectivity index (χ0v) is 36.2. The van der Waals surface area contributed by atoms with Crippen LogP contribution < -0.4 is 16.4 Å². The Balaban J connectivity index is 4.70. The van der Waals surface area contributed by atoms with E-state index in [1.165, 1.54) is 70.6 Å².